The maximum atomic E-state index is 14.2. The largest absolute Gasteiger partial charge is 0.463 e. The van der Waals surface area contributed by atoms with E-state index in [0.717, 1.165) is 32.8 Å². The summed E-state index contributed by atoms with van der Waals surface area (Å²) < 4.78 is 9.53. The molecule has 0 aliphatic carbocycles. The number of primary amides is 1. The molecule has 1 atom stereocenters. The summed E-state index contributed by atoms with van der Waals surface area (Å²) in [7, 11) is 0. The molecular formula is C32H28N4O4S. The molecule has 0 radical (unpaired) electrons. The molecule has 8 nitrogen and oxygen atoms in total. The summed E-state index contributed by atoms with van der Waals surface area (Å²) in [5.41, 5.74) is 8.66. The molecule has 206 valence electrons. The van der Waals surface area contributed by atoms with E-state index in [1.165, 1.54) is 11.3 Å². The molecule has 41 heavy (non-hydrogen) atoms. The molecule has 1 amide bonds. The summed E-state index contributed by atoms with van der Waals surface area (Å²) in [5.74, 6) is -0.864. The van der Waals surface area contributed by atoms with Crippen molar-refractivity contribution in [1.82, 2.24) is 9.13 Å². The standard InChI is InChI=1S/C32H28N4O4S/c1-3-40-31(39)28-19(2)34-32-36(29(28)24-13-8-10-20-9-4-5-11-22(20)24)30(38)26(41-32)17-21-18-35(16-15-27(33)37)25-14-7-6-12-23(21)25/h4-14,17-18,29H,3,15-16H2,1-2H3,(H2,33,37)/b26-17+/t29-/m0/s1. The zero-order valence-corrected chi connectivity index (χ0v) is 23.5. The monoisotopic (exact) mass is 564 g/mol. The number of para-hydroxylation sites is 1. The Hall–Kier alpha value is -4.76. The number of aryl methyl sites for hydroxylation is 1. The second kappa shape index (κ2) is 10.7. The van der Waals surface area contributed by atoms with Gasteiger partial charge < -0.3 is 15.0 Å². The Bertz CT molecular complexity index is 2060. The summed E-state index contributed by atoms with van der Waals surface area (Å²) in [6.07, 6.45) is 4.00. The van der Waals surface area contributed by atoms with Crippen molar-refractivity contribution >= 4 is 51.0 Å². The van der Waals surface area contributed by atoms with E-state index in [-0.39, 0.29) is 24.5 Å². The lowest BCUT2D eigenvalue weighted by Gasteiger charge is -2.25. The number of hydrogen-bond donors (Lipinski definition) is 1. The van der Waals surface area contributed by atoms with Crippen molar-refractivity contribution in [3.05, 3.63) is 115 Å². The lowest BCUT2D eigenvalue weighted by atomic mass is 9.91. The van der Waals surface area contributed by atoms with E-state index in [9.17, 15) is 14.4 Å². The highest BCUT2D eigenvalue weighted by Crippen LogP contribution is 2.35. The molecule has 0 unspecified atom stereocenters. The zero-order valence-electron chi connectivity index (χ0n) is 22.7. The first-order chi connectivity index (χ1) is 19.9. The van der Waals surface area contributed by atoms with E-state index >= 15 is 0 Å². The molecular weight excluding hydrogens is 536 g/mol. The molecule has 1 aliphatic rings. The Morgan fingerprint density at radius 1 is 1.05 bits per heavy atom. The summed E-state index contributed by atoms with van der Waals surface area (Å²) >= 11 is 1.29. The molecule has 3 heterocycles. The van der Waals surface area contributed by atoms with Crippen LogP contribution in [0, 0.1) is 0 Å². The number of esters is 1. The average molecular weight is 565 g/mol. The van der Waals surface area contributed by atoms with Crippen molar-refractivity contribution in [3.63, 3.8) is 0 Å². The molecule has 9 heteroatoms. The number of amides is 1. The smallest absolute Gasteiger partial charge is 0.338 e. The molecule has 0 saturated heterocycles. The van der Waals surface area contributed by atoms with E-state index in [2.05, 4.69) is 0 Å². The lowest BCUT2D eigenvalue weighted by molar-refractivity contribution is -0.139. The summed E-state index contributed by atoms with van der Waals surface area (Å²) in [6.45, 7) is 4.19. The number of ether oxygens (including phenoxy) is 1. The van der Waals surface area contributed by atoms with E-state index in [4.69, 9.17) is 15.5 Å². The molecule has 5 aromatic rings. The van der Waals surface area contributed by atoms with Crippen LogP contribution in [0.1, 0.15) is 37.4 Å². The maximum Gasteiger partial charge on any atom is 0.338 e. The van der Waals surface area contributed by atoms with Crippen molar-refractivity contribution < 1.29 is 14.3 Å². The van der Waals surface area contributed by atoms with E-state index in [1.807, 2.05) is 83.6 Å². The number of nitrogens with zero attached hydrogens (tertiary/aromatic N) is 3. The van der Waals surface area contributed by atoms with Crippen molar-refractivity contribution in [2.75, 3.05) is 6.61 Å². The van der Waals surface area contributed by atoms with Crippen LogP contribution in [-0.2, 0) is 20.9 Å². The minimum Gasteiger partial charge on any atom is -0.463 e. The van der Waals surface area contributed by atoms with Crippen LogP contribution in [0.2, 0.25) is 0 Å². The zero-order chi connectivity index (χ0) is 28.7. The molecule has 0 fully saturated rings. The molecule has 6 rings (SSSR count). The predicted octanol–water partition coefficient (Wildman–Crippen LogP) is 3.78. The third kappa shape index (κ3) is 4.68. The van der Waals surface area contributed by atoms with E-state index in [1.54, 1.807) is 18.4 Å². The summed E-state index contributed by atoms with van der Waals surface area (Å²) in [4.78, 5) is 44.1. The van der Waals surface area contributed by atoms with Gasteiger partial charge >= 0.3 is 5.97 Å². The van der Waals surface area contributed by atoms with Crippen molar-refractivity contribution in [3.8, 4) is 0 Å². The third-order valence-corrected chi connectivity index (χ3v) is 8.32. The molecule has 0 saturated carbocycles. The number of allylic oxidation sites excluding steroid dienone is 1. The van der Waals surface area contributed by atoms with Gasteiger partial charge in [-0.3, -0.25) is 14.2 Å². The second-order valence-corrected chi connectivity index (χ2v) is 10.9. The SMILES string of the molecule is CCOC(=O)C1=C(C)N=c2s/c(=C/c3cn(CCC(N)=O)c4ccccc34)c(=O)n2[C@H]1c1cccc2ccccc12. The van der Waals surface area contributed by atoms with Gasteiger partial charge in [0.2, 0.25) is 5.91 Å². The molecule has 0 spiro atoms. The first kappa shape index (κ1) is 26.5. The predicted molar refractivity (Wildman–Crippen MR) is 160 cm³/mol. The number of carbonyl (C=O) groups excluding carboxylic acids is 2. The number of rotatable bonds is 7. The highest BCUT2D eigenvalue weighted by Gasteiger charge is 2.34. The Balaban J connectivity index is 1.58. The average Bonchev–Trinajstić information content (AvgIpc) is 3.47. The quantitative estimate of drug-likeness (QED) is 0.304. The van der Waals surface area contributed by atoms with Crippen molar-refractivity contribution in [2.45, 2.75) is 32.9 Å². The summed E-state index contributed by atoms with van der Waals surface area (Å²) in [6, 6.07) is 21.0. The Kier molecular flexibility index (Phi) is 6.88. The highest BCUT2D eigenvalue weighted by molar-refractivity contribution is 7.07. The van der Waals surface area contributed by atoms with Crippen LogP contribution in [0.15, 0.2) is 94.0 Å². The number of hydrogen-bond acceptors (Lipinski definition) is 6. The van der Waals surface area contributed by atoms with Crippen LogP contribution in [0.4, 0.5) is 0 Å². The minimum atomic E-state index is -0.699. The number of nitrogens with two attached hydrogens (primary N) is 1. The third-order valence-electron chi connectivity index (χ3n) is 7.34. The number of carbonyl (C=O) groups is 2. The Morgan fingerprint density at radius 3 is 2.56 bits per heavy atom. The lowest BCUT2D eigenvalue weighted by Crippen LogP contribution is -2.40. The minimum absolute atomic E-state index is 0.210. The van der Waals surface area contributed by atoms with Gasteiger partial charge in [0.05, 0.1) is 28.5 Å². The van der Waals surface area contributed by atoms with Crippen molar-refractivity contribution in [1.29, 1.82) is 0 Å². The van der Waals surface area contributed by atoms with Gasteiger partial charge in [-0.25, -0.2) is 9.79 Å². The Morgan fingerprint density at radius 2 is 1.78 bits per heavy atom. The molecule has 0 bridgehead atoms. The Labute approximate surface area is 239 Å². The first-order valence-corrected chi connectivity index (χ1v) is 14.2. The van der Waals surface area contributed by atoms with Gasteiger partial charge in [0.15, 0.2) is 4.80 Å². The van der Waals surface area contributed by atoms with Crippen LogP contribution in [0.5, 0.6) is 0 Å². The van der Waals surface area contributed by atoms with Gasteiger partial charge in [0.25, 0.3) is 5.56 Å². The van der Waals surface area contributed by atoms with Gasteiger partial charge in [-0.15, -0.1) is 0 Å². The van der Waals surface area contributed by atoms with Crippen molar-refractivity contribution in [2.24, 2.45) is 10.7 Å². The molecule has 3 aromatic carbocycles. The maximum absolute atomic E-state index is 14.2. The number of benzene rings is 3. The van der Waals surface area contributed by atoms with Crippen LogP contribution in [0.25, 0.3) is 27.8 Å². The fourth-order valence-electron chi connectivity index (χ4n) is 5.52. The molecule has 1 aliphatic heterocycles. The van der Waals surface area contributed by atoms with Gasteiger partial charge in [0, 0.05) is 35.6 Å². The fraction of sp³-hybridized carbons (Fsp3) is 0.188. The summed E-state index contributed by atoms with van der Waals surface area (Å²) in [5, 5.41) is 2.91. The topological polar surface area (TPSA) is 109 Å². The molecule has 2 aromatic heterocycles. The van der Waals surface area contributed by atoms with E-state index < -0.39 is 12.0 Å². The second-order valence-electron chi connectivity index (χ2n) is 9.88. The van der Waals surface area contributed by atoms with Crippen LogP contribution < -0.4 is 20.6 Å². The van der Waals surface area contributed by atoms with Gasteiger partial charge in [-0.05, 0) is 42.3 Å². The first-order valence-electron chi connectivity index (χ1n) is 13.4. The van der Waals surface area contributed by atoms with Crippen LogP contribution in [-0.4, -0.2) is 27.6 Å². The van der Waals surface area contributed by atoms with Gasteiger partial charge in [-0.1, -0.05) is 72.0 Å². The molecule has 2 N–H and O–H groups in total. The number of fused-ring (bicyclic) bond motifs is 3. The highest BCUT2D eigenvalue weighted by atomic mass is 32.1. The van der Waals surface area contributed by atoms with Gasteiger partial charge in [-0.2, -0.15) is 0 Å². The van der Waals surface area contributed by atoms with Crippen LogP contribution in [0.3, 0.4) is 0 Å². The van der Waals surface area contributed by atoms with E-state index in [0.29, 0.717) is 27.1 Å². The normalized spacial score (nSPS) is 15.3. The fourth-order valence-corrected chi connectivity index (χ4v) is 6.56. The number of aromatic nitrogens is 2. The van der Waals surface area contributed by atoms with Gasteiger partial charge in [0.1, 0.15) is 0 Å². The van der Waals surface area contributed by atoms with Crippen LogP contribution >= 0.6 is 11.3 Å². The number of thiazole rings is 1.